The number of amides is 1. The molecule has 0 saturated carbocycles. The smallest absolute Gasteiger partial charge is 0.293 e. The molecule has 2 aromatic rings. The van der Waals surface area contributed by atoms with E-state index < -0.39 is 15.9 Å². The van der Waals surface area contributed by atoms with E-state index in [0.717, 1.165) is 17.3 Å². The molecular formula is C17H18BrClN2O4S. The fourth-order valence-corrected chi connectivity index (χ4v) is 5.40. The molecular weight excluding hydrogens is 444 g/mol. The highest BCUT2D eigenvalue weighted by atomic mass is 79.9. The number of nitrogens with zero attached hydrogens (tertiary/aromatic N) is 2. The summed E-state index contributed by atoms with van der Waals surface area (Å²) in [7, 11) is -2.09. The average Bonchev–Trinajstić information content (AvgIpc) is 3.23. The standard InChI is InChI=1S/C17H18BrClN2O4S/c1-11-16(26(23,24)21-7-3-4-8-21)10-15(25-11)17(22)20(2)14-6-5-12(18)9-13(14)19/h5-6,9-10H,3-4,7-8H2,1-2H3. The Kier molecular flexibility index (Phi) is 5.48. The van der Waals surface area contributed by atoms with Gasteiger partial charge in [0.1, 0.15) is 10.7 Å². The fraction of sp³-hybridized carbons (Fsp3) is 0.353. The highest BCUT2D eigenvalue weighted by Crippen LogP contribution is 2.31. The van der Waals surface area contributed by atoms with Crippen LogP contribution in [0.25, 0.3) is 0 Å². The van der Waals surface area contributed by atoms with Crippen molar-refractivity contribution in [2.75, 3.05) is 25.0 Å². The Morgan fingerprint density at radius 2 is 1.92 bits per heavy atom. The maximum absolute atomic E-state index is 12.7. The number of halogens is 2. The molecule has 1 aliphatic heterocycles. The van der Waals surface area contributed by atoms with Crippen LogP contribution in [0, 0.1) is 6.92 Å². The normalized spacial score (nSPS) is 15.4. The maximum Gasteiger partial charge on any atom is 0.293 e. The number of benzene rings is 1. The van der Waals surface area contributed by atoms with Gasteiger partial charge in [0, 0.05) is 30.7 Å². The van der Waals surface area contributed by atoms with Gasteiger partial charge < -0.3 is 9.32 Å². The molecule has 2 heterocycles. The van der Waals surface area contributed by atoms with Gasteiger partial charge in [-0.1, -0.05) is 27.5 Å². The molecule has 0 bridgehead atoms. The molecule has 6 nitrogen and oxygen atoms in total. The lowest BCUT2D eigenvalue weighted by atomic mass is 10.3. The fourth-order valence-electron chi connectivity index (χ4n) is 2.92. The molecule has 0 radical (unpaired) electrons. The number of rotatable bonds is 4. The van der Waals surface area contributed by atoms with Gasteiger partial charge in [0.05, 0.1) is 10.7 Å². The van der Waals surface area contributed by atoms with Crippen LogP contribution in [0.15, 0.2) is 38.1 Å². The number of anilines is 1. The van der Waals surface area contributed by atoms with Gasteiger partial charge in [0.25, 0.3) is 5.91 Å². The van der Waals surface area contributed by atoms with Gasteiger partial charge in [0.2, 0.25) is 10.0 Å². The molecule has 26 heavy (non-hydrogen) atoms. The van der Waals surface area contributed by atoms with E-state index in [1.165, 1.54) is 15.3 Å². The van der Waals surface area contributed by atoms with Gasteiger partial charge in [-0.25, -0.2) is 8.42 Å². The molecule has 1 saturated heterocycles. The number of carbonyl (C=O) groups excluding carboxylic acids is 1. The molecule has 140 valence electrons. The first-order chi connectivity index (χ1) is 12.2. The molecule has 1 aliphatic rings. The molecule has 9 heteroatoms. The highest BCUT2D eigenvalue weighted by molar-refractivity contribution is 9.10. The van der Waals surface area contributed by atoms with Crippen LogP contribution < -0.4 is 4.90 Å². The third-order valence-electron chi connectivity index (χ3n) is 4.34. The van der Waals surface area contributed by atoms with E-state index >= 15 is 0 Å². The monoisotopic (exact) mass is 460 g/mol. The first kappa shape index (κ1) is 19.4. The second-order valence-corrected chi connectivity index (χ2v) is 9.33. The molecule has 1 aromatic heterocycles. The Balaban J connectivity index is 1.91. The van der Waals surface area contributed by atoms with Crippen LogP contribution in [-0.2, 0) is 10.0 Å². The molecule has 1 aromatic carbocycles. The summed E-state index contributed by atoms with van der Waals surface area (Å²) in [6.07, 6.45) is 1.68. The second kappa shape index (κ2) is 7.34. The summed E-state index contributed by atoms with van der Waals surface area (Å²) in [4.78, 5) is 14.1. The van der Waals surface area contributed by atoms with E-state index in [0.29, 0.717) is 23.8 Å². The average molecular weight is 462 g/mol. The molecule has 0 unspecified atom stereocenters. The van der Waals surface area contributed by atoms with E-state index in [1.807, 2.05) is 0 Å². The minimum atomic E-state index is -3.65. The molecule has 1 fully saturated rings. The van der Waals surface area contributed by atoms with Crippen molar-refractivity contribution in [3.8, 4) is 0 Å². The van der Waals surface area contributed by atoms with Gasteiger partial charge in [-0.15, -0.1) is 0 Å². The zero-order valence-electron chi connectivity index (χ0n) is 14.3. The van der Waals surface area contributed by atoms with Crippen molar-refractivity contribution in [1.82, 2.24) is 4.31 Å². The van der Waals surface area contributed by atoms with Gasteiger partial charge in [-0.2, -0.15) is 4.31 Å². The van der Waals surface area contributed by atoms with Crippen molar-refractivity contribution >= 4 is 49.1 Å². The second-order valence-electron chi connectivity index (χ2n) is 6.10. The number of aryl methyl sites for hydroxylation is 1. The van der Waals surface area contributed by atoms with Crippen LogP contribution in [0.4, 0.5) is 5.69 Å². The topological polar surface area (TPSA) is 70.8 Å². The minimum absolute atomic E-state index is 0.0399. The molecule has 0 aliphatic carbocycles. The number of carbonyl (C=O) groups is 1. The molecule has 0 spiro atoms. The third-order valence-corrected chi connectivity index (χ3v) is 7.14. The Morgan fingerprint density at radius 1 is 1.27 bits per heavy atom. The maximum atomic E-state index is 12.7. The number of sulfonamides is 1. The quantitative estimate of drug-likeness (QED) is 0.688. The van der Waals surface area contributed by atoms with E-state index in [-0.39, 0.29) is 16.4 Å². The van der Waals surface area contributed by atoms with Crippen molar-refractivity contribution in [3.63, 3.8) is 0 Å². The summed E-state index contributed by atoms with van der Waals surface area (Å²) in [6.45, 7) is 2.53. The number of furan rings is 1. The summed E-state index contributed by atoms with van der Waals surface area (Å²) in [6, 6.07) is 6.44. The van der Waals surface area contributed by atoms with Crippen LogP contribution in [0.5, 0.6) is 0 Å². The van der Waals surface area contributed by atoms with Crippen molar-refractivity contribution in [3.05, 3.63) is 45.3 Å². The molecule has 0 N–H and O–H groups in total. The predicted molar refractivity (Wildman–Crippen MR) is 103 cm³/mol. The van der Waals surface area contributed by atoms with Crippen LogP contribution in [-0.4, -0.2) is 38.8 Å². The first-order valence-corrected chi connectivity index (χ1v) is 10.7. The van der Waals surface area contributed by atoms with Crippen LogP contribution in [0.1, 0.15) is 29.2 Å². The van der Waals surface area contributed by atoms with Gasteiger partial charge in [-0.3, -0.25) is 4.79 Å². The first-order valence-electron chi connectivity index (χ1n) is 8.05. The Morgan fingerprint density at radius 3 is 2.54 bits per heavy atom. The van der Waals surface area contributed by atoms with E-state index in [2.05, 4.69) is 15.9 Å². The summed E-state index contributed by atoms with van der Waals surface area (Å²) in [5.41, 5.74) is 0.498. The zero-order chi connectivity index (χ0) is 19.1. The lowest BCUT2D eigenvalue weighted by Gasteiger charge is -2.17. The van der Waals surface area contributed by atoms with Crippen LogP contribution in [0.3, 0.4) is 0 Å². The SMILES string of the molecule is Cc1oc(C(=O)N(C)c2ccc(Br)cc2Cl)cc1S(=O)(=O)N1CCCC1. The minimum Gasteiger partial charge on any atom is -0.455 e. The Labute approximate surface area is 165 Å². The van der Waals surface area contributed by atoms with E-state index in [1.54, 1.807) is 32.2 Å². The zero-order valence-corrected chi connectivity index (χ0v) is 17.5. The number of hydrogen-bond acceptors (Lipinski definition) is 4. The Bertz CT molecular complexity index is 952. The molecule has 3 rings (SSSR count). The van der Waals surface area contributed by atoms with E-state index in [4.69, 9.17) is 16.0 Å². The van der Waals surface area contributed by atoms with Crippen molar-refractivity contribution < 1.29 is 17.6 Å². The predicted octanol–water partition coefficient (Wildman–Crippen LogP) is 4.07. The van der Waals surface area contributed by atoms with Gasteiger partial charge >= 0.3 is 0 Å². The van der Waals surface area contributed by atoms with Gasteiger partial charge in [0.15, 0.2) is 5.76 Å². The van der Waals surface area contributed by atoms with E-state index in [9.17, 15) is 13.2 Å². The lowest BCUT2D eigenvalue weighted by molar-refractivity contribution is 0.0965. The number of hydrogen-bond donors (Lipinski definition) is 0. The molecule has 1 amide bonds. The molecule has 0 atom stereocenters. The summed E-state index contributed by atoms with van der Waals surface area (Å²) in [5.74, 6) is -0.308. The van der Waals surface area contributed by atoms with Crippen molar-refractivity contribution in [2.45, 2.75) is 24.7 Å². The summed E-state index contributed by atoms with van der Waals surface area (Å²) in [5, 5.41) is 0.392. The largest absolute Gasteiger partial charge is 0.455 e. The summed E-state index contributed by atoms with van der Waals surface area (Å²) >= 11 is 9.51. The highest BCUT2D eigenvalue weighted by Gasteiger charge is 2.32. The van der Waals surface area contributed by atoms with Crippen molar-refractivity contribution in [2.24, 2.45) is 0 Å². The van der Waals surface area contributed by atoms with Crippen LogP contribution >= 0.6 is 27.5 Å². The van der Waals surface area contributed by atoms with Crippen LogP contribution in [0.2, 0.25) is 5.02 Å². The lowest BCUT2D eigenvalue weighted by Crippen LogP contribution is -2.28. The summed E-state index contributed by atoms with van der Waals surface area (Å²) < 4.78 is 33.2. The van der Waals surface area contributed by atoms with Gasteiger partial charge in [-0.05, 0) is 38.0 Å². The third kappa shape index (κ3) is 3.55. The van der Waals surface area contributed by atoms with Crippen molar-refractivity contribution in [1.29, 1.82) is 0 Å². The Hall–Kier alpha value is -1.35.